The number of ether oxygens (including phenoxy) is 1. The van der Waals surface area contributed by atoms with Gasteiger partial charge in [-0.1, -0.05) is 12.1 Å². The van der Waals surface area contributed by atoms with Crippen LogP contribution < -0.4 is 10.5 Å². The summed E-state index contributed by atoms with van der Waals surface area (Å²) in [7, 11) is 0. The number of fused-ring (bicyclic) bond motifs is 3. The Morgan fingerprint density at radius 3 is 2.52 bits per heavy atom. The van der Waals surface area contributed by atoms with Crippen molar-refractivity contribution in [2.75, 3.05) is 6.61 Å². The lowest BCUT2D eigenvalue weighted by Gasteiger charge is -2.15. The lowest BCUT2D eigenvalue weighted by molar-refractivity contribution is -0.139. The van der Waals surface area contributed by atoms with Gasteiger partial charge in [-0.3, -0.25) is 9.78 Å². The van der Waals surface area contributed by atoms with E-state index in [0.29, 0.717) is 11.6 Å². The first-order valence-corrected chi connectivity index (χ1v) is 9.47. The number of rotatable bonds is 6. The fourth-order valence-corrected chi connectivity index (χ4v) is 3.79. The van der Waals surface area contributed by atoms with Gasteiger partial charge in [0.25, 0.3) is 0 Å². The van der Waals surface area contributed by atoms with Gasteiger partial charge in [0.2, 0.25) is 5.91 Å². The Morgan fingerprint density at radius 1 is 1.09 bits per heavy atom. The second kappa shape index (κ2) is 8.08. The SMILES string of the molecule is NC(=O)c1cccc2c1c1c(OCC(=O)O)cncc1n2Cc1ccc(F)cc1C(F)(F)F. The van der Waals surface area contributed by atoms with Crippen LogP contribution in [0.2, 0.25) is 0 Å². The number of primary amides is 1. The molecule has 0 atom stereocenters. The van der Waals surface area contributed by atoms with Crippen LogP contribution in [0.4, 0.5) is 17.6 Å². The fraction of sp³-hybridized carbons (Fsp3) is 0.136. The maximum absolute atomic E-state index is 13.6. The molecule has 4 rings (SSSR count). The Morgan fingerprint density at radius 2 is 1.85 bits per heavy atom. The maximum atomic E-state index is 13.6. The van der Waals surface area contributed by atoms with E-state index in [2.05, 4.69) is 4.98 Å². The lowest BCUT2D eigenvalue weighted by Crippen LogP contribution is -2.13. The largest absolute Gasteiger partial charge is 0.480 e. The van der Waals surface area contributed by atoms with Gasteiger partial charge in [0.15, 0.2) is 6.61 Å². The standard InChI is InChI=1S/C22H15F4N3O4/c23-12-5-4-11(14(6-12)22(24,25)26)9-29-15-3-1-2-13(21(27)32)19(15)20-16(29)7-28-8-17(20)33-10-18(30)31/h1-8H,9-10H2,(H2,27,32)(H,30,31). The molecule has 0 unspecified atom stereocenters. The second-order valence-electron chi connectivity index (χ2n) is 7.16. The van der Waals surface area contributed by atoms with Crippen molar-refractivity contribution in [3.63, 3.8) is 0 Å². The third-order valence-corrected chi connectivity index (χ3v) is 5.09. The number of benzene rings is 2. The molecule has 0 radical (unpaired) electrons. The number of amides is 1. The van der Waals surface area contributed by atoms with E-state index in [4.69, 9.17) is 15.6 Å². The van der Waals surface area contributed by atoms with Crippen LogP contribution in [-0.2, 0) is 17.5 Å². The van der Waals surface area contributed by atoms with Crippen LogP contribution in [-0.4, -0.2) is 33.1 Å². The van der Waals surface area contributed by atoms with Gasteiger partial charge in [0.1, 0.15) is 11.6 Å². The van der Waals surface area contributed by atoms with Gasteiger partial charge in [-0.25, -0.2) is 9.18 Å². The summed E-state index contributed by atoms with van der Waals surface area (Å²) in [6.07, 6.45) is -2.21. The highest BCUT2D eigenvalue weighted by atomic mass is 19.4. The molecule has 0 fully saturated rings. The van der Waals surface area contributed by atoms with Crippen molar-refractivity contribution in [2.45, 2.75) is 12.7 Å². The zero-order valence-electron chi connectivity index (χ0n) is 16.7. The van der Waals surface area contributed by atoms with E-state index >= 15 is 0 Å². The van der Waals surface area contributed by atoms with Gasteiger partial charge in [-0.2, -0.15) is 13.2 Å². The van der Waals surface area contributed by atoms with Crippen LogP contribution in [0, 0.1) is 5.82 Å². The molecule has 11 heteroatoms. The van der Waals surface area contributed by atoms with Crippen molar-refractivity contribution in [3.05, 3.63) is 71.3 Å². The van der Waals surface area contributed by atoms with Crippen LogP contribution in [0.5, 0.6) is 5.75 Å². The highest BCUT2D eigenvalue weighted by Gasteiger charge is 2.34. The van der Waals surface area contributed by atoms with Crippen LogP contribution in [0.25, 0.3) is 21.8 Å². The van der Waals surface area contributed by atoms with Crippen molar-refractivity contribution in [1.29, 1.82) is 0 Å². The summed E-state index contributed by atoms with van der Waals surface area (Å²) in [5.41, 5.74) is 4.84. The van der Waals surface area contributed by atoms with Gasteiger partial charge < -0.3 is 20.1 Å². The molecule has 3 N–H and O–H groups in total. The molecule has 33 heavy (non-hydrogen) atoms. The molecule has 4 aromatic rings. The average molecular weight is 461 g/mol. The van der Waals surface area contributed by atoms with Gasteiger partial charge in [0, 0.05) is 17.5 Å². The van der Waals surface area contributed by atoms with E-state index in [-0.39, 0.29) is 39.7 Å². The number of hydrogen-bond acceptors (Lipinski definition) is 4. The molecule has 2 heterocycles. The number of aliphatic carboxylic acids is 1. The summed E-state index contributed by atoms with van der Waals surface area (Å²) < 4.78 is 61.1. The van der Waals surface area contributed by atoms with Crippen molar-refractivity contribution in [3.8, 4) is 5.75 Å². The zero-order valence-corrected chi connectivity index (χ0v) is 16.7. The minimum absolute atomic E-state index is 0.0162. The van der Waals surface area contributed by atoms with Crippen LogP contribution in [0.1, 0.15) is 21.5 Å². The number of alkyl halides is 3. The number of aromatic nitrogens is 2. The molecule has 7 nitrogen and oxygen atoms in total. The number of carboxylic acids is 1. The lowest BCUT2D eigenvalue weighted by atomic mass is 10.1. The number of nitrogens with zero attached hydrogens (tertiary/aromatic N) is 2. The number of halogens is 4. The summed E-state index contributed by atoms with van der Waals surface area (Å²) in [5, 5.41) is 9.52. The Bertz CT molecular complexity index is 1410. The smallest absolute Gasteiger partial charge is 0.416 e. The fourth-order valence-electron chi connectivity index (χ4n) is 3.79. The number of nitrogens with two attached hydrogens (primary N) is 1. The molecule has 0 spiro atoms. The number of carboxylic acid groups (broad SMARTS) is 1. The molecule has 2 aromatic heterocycles. The highest BCUT2D eigenvalue weighted by molar-refractivity contribution is 6.19. The minimum atomic E-state index is -4.80. The summed E-state index contributed by atoms with van der Waals surface area (Å²) in [6.45, 7) is -1.05. The molecule has 0 saturated heterocycles. The topological polar surface area (TPSA) is 107 Å². The van der Waals surface area contributed by atoms with Crippen LogP contribution >= 0.6 is 0 Å². The van der Waals surface area contributed by atoms with Crippen molar-refractivity contribution >= 4 is 33.7 Å². The Hall–Kier alpha value is -4.15. The molecule has 0 bridgehead atoms. The molecule has 0 aliphatic carbocycles. The van der Waals surface area contributed by atoms with E-state index < -0.39 is 36.0 Å². The van der Waals surface area contributed by atoms with Gasteiger partial charge in [-0.05, 0) is 29.8 Å². The third-order valence-electron chi connectivity index (χ3n) is 5.09. The van der Waals surface area contributed by atoms with Crippen molar-refractivity contribution in [2.24, 2.45) is 5.73 Å². The molecule has 0 aliphatic heterocycles. The van der Waals surface area contributed by atoms with E-state index in [1.807, 2.05) is 0 Å². The molecular formula is C22H15F4N3O4. The third kappa shape index (κ3) is 4.04. The van der Waals surface area contributed by atoms with E-state index in [0.717, 1.165) is 12.1 Å². The van der Waals surface area contributed by atoms with Crippen molar-refractivity contribution < 1.29 is 37.0 Å². The summed E-state index contributed by atoms with van der Waals surface area (Å²) in [4.78, 5) is 27.1. The van der Waals surface area contributed by atoms with Gasteiger partial charge in [0.05, 0.1) is 34.4 Å². The first-order chi connectivity index (χ1) is 15.6. The predicted molar refractivity (Wildman–Crippen MR) is 109 cm³/mol. The molecule has 2 aromatic carbocycles. The van der Waals surface area contributed by atoms with E-state index in [1.165, 1.54) is 29.1 Å². The monoisotopic (exact) mass is 461 g/mol. The minimum Gasteiger partial charge on any atom is -0.480 e. The number of carbonyl (C=O) groups is 2. The van der Waals surface area contributed by atoms with Gasteiger partial charge in [-0.15, -0.1) is 0 Å². The maximum Gasteiger partial charge on any atom is 0.416 e. The number of carbonyl (C=O) groups excluding carboxylic acids is 1. The van der Waals surface area contributed by atoms with Gasteiger partial charge >= 0.3 is 12.1 Å². The quantitative estimate of drug-likeness (QED) is 0.423. The molecule has 0 aliphatic rings. The normalized spacial score (nSPS) is 11.8. The first-order valence-electron chi connectivity index (χ1n) is 9.47. The Kier molecular flexibility index (Phi) is 5.40. The summed E-state index contributed by atoms with van der Waals surface area (Å²) in [5.74, 6) is -3.07. The molecule has 170 valence electrons. The molecular weight excluding hydrogens is 446 g/mol. The Labute approximate surface area is 183 Å². The highest BCUT2D eigenvalue weighted by Crippen LogP contribution is 2.39. The molecule has 0 saturated carbocycles. The number of hydrogen-bond donors (Lipinski definition) is 2. The summed E-state index contributed by atoms with van der Waals surface area (Å²) in [6, 6.07) is 6.89. The van der Waals surface area contributed by atoms with Crippen molar-refractivity contribution in [1.82, 2.24) is 9.55 Å². The van der Waals surface area contributed by atoms with Crippen LogP contribution in [0.3, 0.4) is 0 Å². The Balaban J connectivity index is 2.02. The molecule has 1 amide bonds. The van der Waals surface area contributed by atoms with E-state index in [9.17, 15) is 27.2 Å². The summed E-state index contributed by atoms with van der Waals surface area (Å²) >= 11 is 0. The predicted octanol–water partition coefficient (Wildman–Crippen LogP) is 3.96. The second-order valence-corrected chi connectivity index (χ2v) is 7.16. The van der Waals surface area contributed by atoms with Crippen LogP contribution in [0.15, 0.2) is 48.8 Å². The zero-order chi connectivity index (χ0) is 23.9. The van der Waals surface area contributed by atoms with E-state index in [1.54, 1.807) is 6.07 Å². The average Bonchev–Trinajstić information content (AvgIpc) is 3.07. The first kappa shape index (κ1) is 22.1. The number of pyridine rings is 1.